The molecule has 78 valence electrons. The van der Waals surface area contributed by atoms with E-state index in [-0.39, 0.29) is 11.8 Å². The topological polar surface area (TPSA) is 41.1 Å². The lowest BCUT2D eigenvalue weighted by Crippen LogP contribution is -2.35. The van der Waals surface area contributed by atoms with Crippen LogP contribution in [0.15, 0.2) is 0 Å². The number of ketones is 1. The van der Waals surface area contributed by atoms with Gasteiger partial charge in [-0.3, -0.25) is 4.79 Å². The molecule has 0 aromatic carbocycles. The highest BCUT2D eigenvalue weighted by molar-refractivity contribution is 5.81. The van der Waals surface area contributed by atoms with Crippen LogP contribution in [0.3, 0.4) is 0 Å². The van der Waals surface area contributed by atoms with Crippen molar-refractivity contribution in [3.8, 4) is 0 Å². The van der Waals surface area contributed by atoms with E-state index >= 15 is 0 Å². The molecule has 0 heterocycles. The quantitative estimate of drug-likeness (QED) is 0.554. The van der Waals surface area contributed by atoms with Crippen LogP contribution in [0.1, 0.15) is 33.6 Å². The first-order valence-electron chi connectivity index (χ1n) is 5.16. The standard InChI is InChI=1S/C10H22N2O/c1-4-11-8-6-7-10(9(3)13)12-5-2/h10-12H,4-8H2,1-3H3/t10-/m1/s1. The number of nitrogens with one attached hydrogen (secondary N) is 2. The first kappa shape index (κ1) is 12.6. The highest BCUT2D eigenvalue weighted by atomic mass is 16.1. The van der Waals surface area contributed by atoms with E-state index in [1.807, 2.05) is 6.92 Å². The first-order valence-corrected chi connectivity index (χ1v) is 5.16. The largest absolute Gasteiger partial charge is 0.317 e. The molecule has 13 heavy (non-hydrogen) atoms. The number of carbonyl (C=O) groups excluding carboxylic acids is 1. The monoisotopic (exact) mass is 186 g/mol. The van der Waals surface area contributed by atoms with E-state index in [9.17, 15) is 4.79 Å². The van der Waals surface area contributed by atoms with E-state index in [1.54, 1.807) is 6.92 Å². The van der Waals surface area contributed by atoms with Crippen molar-refractivity contribution >= 4 is 5.78 Å². The predicted molar refractivity (Wildman–Crippen MR) is 55.9 cm³/mol. The molecule has 0 bridgehead atoms. The Bertz CT molecular complexity index is 137. The molecule has 0 aromatic heterocycles. The maximum Gasteiger partial charge on any atom is 0.146 e. The van der Waals surface area contributed by atoms with Gasteiger partial charge in [0.15, 0.2) is 0 Å². The van der Waals surface area contributed by atoms with E-state index in [1.165, 1.54) is 0 Å². The lowest BCUT2D eigenvalue weighted by Gasteiger charge is -2.14. The van der Waals surface area contributed by atoms with Gasteiger partial charge in [-0.25, -0.2) is 0 Å². The van der Waals surface area contributed by atoms with Crippen LogP contribution in [-0.2, 0) is 4.79 Å². The zero-order chi connectivity index (χ0) is 10.1. The van der Waals surface area contributed by atoms with Gasteiger partial charge in [0.25, 0.3) is 0 Å². The van der Waals surface area contributed by atoms with Crippen LogP contribution in [0.25, 0.3) is 0 Å². The summed E-state index contributed by atoms with van der Waals surface area (Å²) in [6.07, 6.45) is 2.00. The summed E-state index contributed by atoms with van der Waals surface area (Å²) in [5.74, 6) is 0.248. The van der Waals surface area contributed by atoms with Crippen LogP contribution in [0.4, 0.5) is 0 Å². The second kappa shape index (κ2) is 8.20. The van der Waals surface area contributed by atoms with Crippen molar-refractivity contribution in [2.24, 2.45) is 0 Å². The Morgan fingerprint density at radius 2 is 2.00 bits per heavy atom. The molecule has 3 nitrogen and oxygen atoms in total. The third-order valence-electron chi connectivity index (χ3n) is 2.04. The molecule has 0 aliphatic rings. The summed E-state index contributed by atoms with van der Waals surface area (Å²) in [7, 11) is 0. The molecule has 3 heteroatoms. The smallest absolute Gasteiger partial charge is 0.146 e. The van der Waals surface area contributed by atoms with Gasteiger partial charge in [0.2, 0.25) is 0 Å². The Labute approximate surface area is 81.3 Å². The Balaban J connectivity index is 3.51. The summed E-state index contributed by atoms with van der Waals surface area (Å²) < 4.78 is 0. The number of rotatable bonds is 8. The molecular weight excluding hydrogens is 164 g/mol. The van der Waals surface area contributed by atoms with Crippen molar-refractivity contribution in [3.05, 3.63) is 0 Å². The van der Waals surface area contributed by atoms with Crippen molar-refractivity contribution in [3.63, 3.8) is 0 Å². The lowest BCUT2D eigenvalue weighted by atomic mass is 10.1. The molecule has 1 atom stereocenters. The van der Waals surface area contributed by atoms with Crippen LogP contribution >= 0.6 is 0 Å². The molecule has 0 fully saturated rings. The lowest BCUT2D eigenvalue weighted by molar-refractivity contribution is -0.119. The maximum atomic E-state index is 11.1. The summed E-state index contributed by atoms with van der Waals surface area (Å²) in [5, 5.41) is 6.43. The number of carbonyl (C=O) groups is 1. The maximum absolute atomic E-state index is 11.1. The minimum absolute atomic E-state index is 0.0589. The second-order valence-corrected chi connectivity index (χ2v) is 3.22. The summed E-state index contributed by atoms with van der Waals surface area (Å²) in [6, 6.07) is 0.0589. The number of likely N-dealkylation sites (N-methyl/N-ethyl adjacent to an activating group) is 1. The molecule has 0 aliphatic carbocycles. The molecule has 0 rings (SSSR count). The van der Waals surface area contributed by atoms with Gasteiger partial charge in [-0.1, -0.05) is 13.8 Å². The summed E-state index contributed by atoms with van der Waals surface area (Å²) in [6.45, 7) is 8.65. The molecule has 0 spiro atoms. The van der Waals surface area contributed by atoms with Gasteiger partial charge in [-0.05, 0) is 39.4 Å². The Morgan fingerprint density at radius 1 is 1.31 bits per heavy atom. The fourth-order valence-electron chi connectivity index (χ4n) is 1.30. The van der Waals surface area contributed by atoms with Crippen LogP contribution in [0.2, 0.25) is 0 Å². The zero-order valence-corrected chi connectivity index (χ0v) is 9.02. The minimum atomic E-state index is 0.0589. The van der Waals surface area contributed by atoms with Crippen LogP contribution in [-0.4, -0.2) is 31.5 Å². The highest BCUT2D eigenvalue weighted by Crippen LogP contribution is 1.97. The van der Waals surface area contributed by atoms with Gasteiger partial charge < -0.3 is 10.6 Å². The average Bonchev–Trinajstić information content (AvgIpc) is 2.10. The predicted octanol–water partition coefficient (Wildman–Crippen LogP) is 0.943. The van der Waals surface area contributed by atoms with Crippen molar-refractivity contribution in [2.45, 2.75) is 39.7 Å². The number of Topliss-reactive ketones (excluding diaryl/α,β-unsaturated/α-hetero) is 1. The third-order valence-corrected chi connectivity index (χ3v) is 2.04. The highest BCUT2D eigenvalue weighted by Gasteiger charge is 2.10. The van der Waals surface area contributed by atoms with Crippen molar-refractivity contribution < 1.29 is 4.79 Å². The number of hydrogen-bond donors (Lipinski definition) is 2. The van der Waals surface area contributed by atoms with E-state index in [2.05, 4.69) is 17.6 Å². The second-order valence-electron chi connectivity index (χ2n) is 3.22. The fourth-order valence-corrected chi connectivity index (χ4v) is 1.30. The van der Waals surface area contributed by atoms with Gasteiger partial charge in [-0.15, -0.1) is 0 Å². The van der Waals surface area contributed by atoms with E-state index in [0.717, 1.165) is 32.5 Å². The van der Waals surface area contributed by atoms with Gasteiger partial charge >= 0.3 is 0 Å². The minimum Gasteiger partial charge on any atom is -0.317 e. The Hall–Kier alpha value is -0.410. The zero-order valence-electron chi connectivity index (χ0n) is 9.02. The van der Waals surface area contributed by atoms with E-state index in [4.69, 9.17) is 0 Å². The summed E-state index contributed by atoms with van der Waals surface area (Å²) >= 11 is 0. The molecule has 0 aliphatic heterocycles. The van der Waals surface area contributed by atoms with E-state index < -0.39 is 0 Å². The fraction of sp³-hybridized carbons (Fsp3) is 0.900. The molecule has 2 N–H and O–H groups in total. The third kappa shape index (κ3) is 6.72. The summed E-state index contributed by atoms with van der Waals surface area (Å²) in [5.41, 5.74) is 0. The molecule has 0 radical (unpaired) electrons. The molecule has 0 saturated carbocycles. The first-order chi connectivity index (χ1) is 6.22. The Kier molecular flexibility index (Phi) is 7.94. The molecule has 0 saturated heterocycles. The molecular formula is C10H22N2O. The summed E-state index contributed by atoms with van der Waals surface area (Å²) in [4.78, 5) is 11.1. The normalized spacial score (nSPS) is 12.8. The van der Waals surface area contributed by atoms with Crippen LogP contribution in [0, 0.1) is 0 Å². The van der Waals surface area contributed by atoms with Crippen molar-refractivity contribution in [1.82, 2.24) is 10.6 Å². The van der Waals surface area contributed by atoms with Gasteiger partial charge in [0, 0.05) is 0 Å². The molecule has 0 unspecified atom stereocenters. The van der Waals surface area contributed by atoms with Gasteiger partial charge in [0.05, 0.1) is 6.04 Å². The SMILES string of the molecule is CCNCCC[C@@H](NCC)C(C)=O. The van der Waals surface area contributed by atoms with Crippen LogP contribution in [0.5, 0.6) is 0 Å². The van der Waals surface area contributed by atoms with Crippen molar-refractivity contribution in [1.29, 1.82) is 0 Å². The molecule has 0 amide bonds. The van der Waals surface area contributed by atoms with Crippen molar-refractivity contribution in [2.75, 3.05) is 19.6 Å². The van der Waals surface area contributed by atoms with E-state index in [0.29, 0.717) is 0 Å². The number of hydrogen-bond acceptors (Lipinski definition) is 3. The van der Waals surface area contributed by atoms with Gasteiger partial charge in [-0.2, -0.15) is 0 Å². The van der Waals surface area contributed by atoms with Gasteiger partial charge in [0.1, 0.15) is 5.78 Å². The van der Waals surface area contributed by atoms with Crippen LogP contribution < -0.4 is 10.6 Å². The molecule has 0 aromatic rings. The average molecular weight is 186 g/mol. The Morgan fingerprint density at radius 3 is 2.46 bits per heavy atom.